The van der Waals surface area contributed by atoms with Crippen molar-refractivity contribution in [3.63, 3.8) is 0 Å². The summed E-state index contributed by atoms with van der Waals surface area (Å²) in [7, 11) is 3.57. The van der Waals surface area contributed by atoms with Crippen LogP contribution in [0, 0.1) is 0 Å². The zero-order valence-corrected chi connectivity index (χ0v) is 22.2. The Morgan fingerprint density at radius 3 is 2.54 bits per heavy atom. The van der Waals surface area contributed by atoms with Gasteiger partial charge in [-0.15, -0.1) is 10.2 Å². The number of alkyl halides is 3. The minimum atomic E-state index is -4.55. The molecule has 39 heavy (non-hydrogen) atoms. The van der Waals surface area contributed by atoms with Gasteiger partial charge in [0.1, 0.15) is 12.2 Å². The molecule has 6 rings (SSSR count). The van der Waals surface area contributed by atoms with E-state index in [0.29, 0.717) is 30.6 Å². The number of rotatable bonds is 6. The Bertz CT molecular complexity index is 1390. The third kappa shape index (κ3) is 4.53. The summed E-state index contributed by atoms with van der Waals surface area (Å²) in [6, 6.07) is 10.4. The number of ether oxygens (including phenoxy) is 1. The first kappa shape index (κ1) is 26.0. The highest BCUT2D eigenvalue weighted by Crippen LogP contribution is 2.50. The van der Waals surface area contributed by atoms with Gasteiger partial charge < -0.3 is 14.2 Å². The van der Waals surface area contributed by atoms with E-state index in [9.17, 15) is 18.0 Å². The van der Waals surface area contributed by atoms with Gasteiger partial charge in [0.15, 0.2) is 0 Å². The van der Waals surface area contributed by atoms with E-state index in [1.807, 2.05) is 29.8 Å². The monoisotopic (exact) mass is 539 g/mol. The number of piperidine rings is 1. The van der Waals surface area contributed by atoms with Gasteiger partial charge in [0.05, 0.1) is 23.6 Å². The van der Waals surface area contributed by atoms with Crippen LogP contribution in [0.25, 0.3) is 0 Å². The minimum Gasteiger partial charge on any atom is -0.381 e. The van der Waals surface area contributed by atoms with Gasteiger partial charge in [-0.2, -0.15) is 13.2 Å². The molecule has 0 atom stereocenters. The lowest BCUT2D eigenvalue weighted by molar-refractivity contribution is -0.138. The normalized spacial score (nSPS) is 23.7. The number of aryl methyl sites for hydroxylation is 1. The third-order valence-electron chi connectivity index (χ3n) is 8.60. The van der Waals surface area contributed by atoms with Crippen molar-refractivity contribution in [1.82, 2.24) is 19.7 Å². The lowest BCUT2D eigenvalue weighted by Gasteiger charge is -2.46. The van der Waals surface area contributed by atoms with E-state index < -0.39 is 23.1 Å². The molecule has 1 saturated heterocycles. The van der Waals surface area contributed by atoms with E-state index in [1.54, 1.807) is 25.6 Å². The van der Waals surface area contributed by atoms with E-state index in [-0.39, 0.29) is 23.8 Å². The van der Waals surface area contributed by atoms with Crippen molar-refractivity contribution in [2.24, 2.45) is 7.05 Å². The van der Waals surface area contributed by atoms with E-state index in [1.165, 1.54) is 11.0 Å². The number of fused-ring (bicyclic) bond motifs is 1. The molecule has 7 nitrogen and oxygen atoms in total. The number of carbonyl (C=O) groups excluding carboxylic acids is 1. The fraction of sp³-hybridized carbons (Fsp3) is 0.483. The fourth-order valence-corrected chi connectivity index (χ4v) is 6.52. The fourth-order valence-electron chi connectivity index (χ4n) is 6.52. The molecule has 10 heteroatoms. The first-order valence-corrected chi connectivity index (χ1v) is 13.4. The van der Waals surface area contributed by atoms with Crippen molar-refractivity contribution < 1.29 is 22.7 Å². The summed E-state index contributed by atoms with van der Waals surface area (Å²) in [4.78, 5) is 17.3. The number of hydrogen-bond acceptors (Lipinski definition) is 5. The zero-order chi connectivity index (χ0) is 27.4. The molecule has 2 aromatic carbocycles. The van der Waals surface area contributed by atoms with Crippen molar-refractivity contribution in [2.45, 2.75) is 62.9 Å². The number of halogens is 3. The minimum absolute atomic E-state index is 0.0476. The molecule has 2 aliphatic heterocycles. The number of aromatic nitrogens is 3. The summed E-state index contributed by atoms with van der Waals surface area (Å²) in [5, 5.41) is 8.44. The molecule has 206 valence electrons. The summed E-state index contributed by atoms with van der Waals surface area (Å²) in [6.45, 7) is 2.03. The van der Waals surface area contributed by atoms with Crippen LogP contribution in [0.4, 0.5) is 18.9 Å². The van der Waals surface area contributed by atoms with Crippen molar-refractivity contribution in [2.75, 3.05) is 25.1 Å². The number of methoxy groups -OCH3 is 1. The number of amides is 1. The molecule has 0 bridgehead atoms. The molecule has 3 aliphatic rings. The van der Waals surface area contributed by atoms with Gasteiger partial charge in [-0.3, -0.25) is 9.69 Å². The Morgan fingerprint density at radius 1 is 1.10 bits per heavy atom. The molecule has 1 aromatic heterocycles. The second-order valence-electron chi connectivity index (χ2n) is 11.1. The maximum atomic E-state index is 14.2. The number of nitrogens with zero attached hydrogens (tertiary/aromatic N) is 5. The molecule has 1 saturated carbocycles. The lowest BCUT2D eigenvalue weighted by Crippen LogP contribution is -2.48. The van der Waals surface area contributed by atoms with Gasteiger partial charge in [0.2, 0.25) is 0 Å². The Balaban J connectivity index is 1.35. The lowest BCUT2D eigenvalue weighted by atomic mass is 9.62. The van der Waals surface area contributed by atoms with Gasteiger partial charge in [-0.25, -0.2) is 0 Å². The van der Waals surface area contributed by atoms with Crippen LogP contribution in [0.5, 0.6) is 0 Å². The van der Waals surface area contributed by atoms with E-state index in [2.05, 4.69) is 15.1 Å². The van der Waals surface area contributed by atoms with Crippen LogP contribution in [0.1, 0.15) is 70.5 Å². The molecule has 2 fully saturated rings. The van der Waals surface area contributed by atoms with Gasteiger partial charge >= 0.3 is 6.18 Å². The average Bonchev–Trinajstić information content (AvgIpc) is 3.47. The van der Waals surface area contributed by atoms with E-state index >= 15 is 0 Å². The summed E-state index contributed by atoms with van der Waals surface area (Å²) >= 11 is 0. The molecule has 0 radical (unpaired) electrons. The van der Waals surface area contributed by atoms with Crippen LogP contribution in [-0.4, -0.2) is 51.9 Å². The predicted molar refractivity (Wildman–Crippen MR) is 139 cm³/mol. The highest BCUT2D eigenvalue weighted by atomic mass is 19.4. The van der Waals surface area contributed by atoms with Gasteiger partial charge in [0.25, 0.3) is 5.91 Å². The quantitative estimate of drug-likeness (QED) is 0.438. The molecule has 1 amide bonds. The summed E-state index contributed by atoms with van der Waals surface area (Å²) < 4.78 is 50.1. The van der Waals surface area contributed by atoms with Gasteiger partial charge in [0, 0.05) is 32.0 Å². The second-order valence-corrected chi connectivity index (χ2v) is 11.1. The number of carbonyl (C=O) groups is 1. The van der Waals surface area contributed by atoms with Crippen LogP contribution in [0.2, 0.25) is 0 Å². The first-order valence-electron chi connectivity index (χ1n) is 13.4. The predicted octanol–water partition coefficient (Wildman–Crippen LogP) is 5.08. The van der Waals surface area contributed by atoms with Crippen LogP contribution >= 0.6 is 0 Å². The number of hydrogen-bond donors (Lipinski definition) is 0. The topological polar surface area (TPSA) is 63.5 Å². The standard InChI is InChI=1S/C29H32F3N5O2/c1-35-18-33-34-27(35)28(14-22(15-28)39-2)20-7-6-8-21(13-20)37-17-24-23(26(37)38)11-19(12-25(24)29(30,31)32)16-36-9-4-3-5-10-36/h6-8,11-13,18,22H,3-5,9-10,14-17H2,1-2H3/t22-,28-. The first-order chi connectivity index (χ1) is 18.7. The second kappa shape index (κ2) is 9.75. The van der Waals surface area contributed by atoms with Crippen molar-refractivity contribution in [1.29, 1.82) is 0 Å². The number of benzene rings is 2. The molecule has 0 N–H and O–H groups in total. The van der Waals surface area contributed by atoms with Gasteiger partial charge in [-0.1, -0.05) is 18.6 Å². The summed E-state index contributed by atoms with van der Waals surface area (Å²) in [6.07, 6.45) is 1.80. The number of likely N-dealkylation sites (tertiary alicyclic amines) is 1. The van der Waals surface area contributed by atoms with E-state index in [4.69, 9.17) is 4.74 Å². The Labute approximate surface area is 225 Å². The maximum Gasteiger partial charge on any atom is 0.416 e. The van der Waals surface area contributed by atoms with Gasteiger partial charge in [-0.05, 0) is 79.7 Å². The Kier molecular flexibility index (Phi) is 6.50. The Morgan fingerprint density at radius 2 is 1.87 bits per heavy atom. The van der Waals surface area contributed by atoms with Crippen LogP contribution in [0.3, 0.4) is 0 Å². The number of anilines is 1. The zero-order valence-electron chi connectivity index (χ0n) is 22.2. The summed E-state index contributed by atoms with van der Waals surface area (Å²) in [5.74, 6) is 0.398. The molecule has 1 aliphatic carbocycles. The highest BCUT2D eigenvalue weighted by Gasteiger charge is 2.50. The Hall–Kier alpha value is -3.24. The van der Waals surface area contributed by atoms with Crippen LogP contribution in [0.15, 0.2) is 42.7 Å². The maximum absolute atomic E-state index is 14.2. The molecule has 3 aromatic rings. The smallest absolute Gasteiger partial charge is 0.381 e. The average molecular weight is 540 g/mol. The SMILES string of the molecule is CO[C@H]1C[C@](c2cccc(N3Cc4c(cc(CN5CCCCC5)cc4C(F)(F)F)C3=O)c2)(c2nncn2C)C1. The highest BCUT2D eigenvalue weighted by molar-refractivity contribution is 6.10. The molecule has 0 unspecified atom stereocenters. The molecule has 3 heterocycles. The van der Waals surface area contributed by atoms with Crippen molar-refractivity contribution in [3.05, 3.63) is 76.4 Å². The summed E-state index contributed by atoms with van der Waals surface area (Å²) in [5.41, 5.74) is 1.08. The molecule has 0 spiro atoms. The molecular formula is C29H32F3N5O2. The van der Waals surface area contributed by atoms with Crippen molar-refractivity contribution >= 4 is 11.6 Å². The van der Waals surface area contributed by atoms with Crippen LogP contribution in [-0.2, 0) is 36.5 Å². The van der Waals surface area contributed by atoms with E-state index in [0.717, 1.165) is 43.7 Å². The largest absolute Gasteiger partial charge is 0.416 e. The van der Waals surface area contributed by atoms with Crippen LogP contribution < -0.4 is 4.90 Å². The van der Waals surface area contributed by atoms with Crippen molar-refractivity contribution in [3.8, 4) is 0 Å². The molecular weight excluding hydrogens is 507 g/mol. The third-order valence-corrected chi connectivity index (χ3v) is 8.60.